The van der Waals surface area contributed by atoms with Gasteiger partial charge in [0.2, 0.25) is 12.3 Å². The van der Waals surface area contributed by atoms with Gasteiger partial charge in [0.1, 0.15) is 6.04 Å². The van der Waals surface area contributed by atoms with Crippen LogP contribution in [0.1, 0.15) is 6.92 Å². The Morgan fingerprint density at radius 3 is 2.43 bits per heavy atom. The normalized spacial score (nSPS) is 15.6. The third-order valence-corrected chi connectivity index (χ3v) is 1.93. The number of carbonyl (C=O) groups excluding carboxylic acids is 2. The molecule has 0 bridgehead atoms. The van der Waals surface area contributed by atoms with Gasteiger partial charge in [0.15, 0.2) is 0 Å². The summed E-state index contributed by atoms with van der Waals surface area (Å²) in [6.45, 7) is 1.20. The Kier molecular flexibility index (Phi) is 4.72. The fourth-order valence-electron chi connectivity index (χ4n) is 0.800. The van der Waals surface area contributed by atoms with Crippen LogP contribution in [0.3, 0.4) is 0 Å². The van der Waals surface area contributed by atoms with Crippen LogP contribution in [0.15, 0.2) is 0 Å². The molecule has 0 saturated heterocycles. The quantitative estimate of drug-likeness (QED) is 0.307. The van der Waals surface area contributed by atoms with Gasteiger partial charge in [-0.2, -0.15) is 0 Å². The van der Waals surface area contributed by atoms with Crippen LogP contribution in [-0.4, -0.2) is 34.2 Å². The van der Waals surface area contributed by atoms with Crippen molar-refractivity contribution >= 4 is 20.1 Å². The summed E-state index contributed by atoms with van der Waals surface area (Å²) in [5, 5.41) is 1.98. The van der Waals surface area contributed by atoms with E-state index in [-0.39, 0.29) is 6.41 Å². The number of amides is 2. The van der Waals surface area contributed by atoms with Gasteiger partial charge in [-0.05, 0) is 6.92 Å². The van der Waals surface area contributed by atoms with Gasteiger partial charge in [-0.15, -0.1) is 0 Å². The Morgan fingerprint density at radius 1 is 1.64 bits per heavy atom. The summed E-state index contributed by atoms with van der Waals surface area (Å²) in [5.74, 6) is -0.946. The van der Waals surface area contributed by atoms with Crippen LogP contribution in [0.5, 0.6) is 0 Å². The van der Waals surface area contributed by atoms with Gasteiger partial charge >= 0.3 is 7.82 Å². The Morgan fingerprint density at radius 2 is 2.14 bits per heavy atom. The molecule has 0 radical (unpaired) electrons. The highest BCUT2D eigenvalue weighted by atomic mass is 31.2. The molecule has 0 fully saturated rings. The van der Waals surface area contributed by atoms with Crippen molar-refractivity contribution in [3.63, 3.8) is 0 Å². The van der Waals surface area contributed by atoms with E-state index < -0.39 is 25.9 Å². The smallest absolute Gasteiger partial charge is 0.368 e. The second-order valence-electron chi connectivity index (χ2n) is 2.47. The molecule has 0 aromatic carbocycles. The van der Waals surface area contributed by atoms with E-state index in [0.717, 1.165) is 0 Å². The van der Waals surface area contributed by atoms with Crippen LogP contribution in [0.2, 0.25) is 0 Å². The monoisotopic (exact) mass is 226 g/mol. The van der Waals surface area contributed by atoms with Crippen molar-refractivity contribution in [3.05, 3.63) is 0 Å². The van der Waals surface area contributed by atoms with E-state index in [4.69, 9.17) is 15.5 Å². The van der Waals surface area contributed by atoms with Gasteiger partial charge in [-0.3, -0.25) is 14.1 Å². The third kappa shape index (κ3) is 4.93. The highest BCUT2D eigenvalue weighted by molar-refractivity contribution is 7.46. The Bertz CT molecular complexity index is 263. The minimum atomic E-state index is -4.70. The molecule has 0 heterocycles. The molecule has 0 aliphatic carbocycles. The number of hydrogen-bond acceptors (Lipinski definition) is 4. The van der Waals surface area contributed by atoms with Gasteiger partial charge in [0.05, 0.1) is 6.10 Å². The summed E-state index contributed by atoms with van der Waals surface area (Å²) in [7, 11) is -4.70. The maximum absolute atomic E-state index is 10.7. The molecule has 0 aliphatic heterocycles. The molecule has 0 aromatic heterocycles. The molecule has 0 saturated carbocycles. The molecular weight excluding hydrogens is 215 g/mol. The third-order valence-electron chi connectivity index (χ3n) is 1.33. The number of primary amides is 1. The van der Waals surface area contributed by atoms with Gasteiger partial charge in [-0.25, -0.2) is 4.57 Å². The zero-order valence-electron chi connectivity index (χ0n) is 7.28. The van der Waals surface area contributed by atoms with Crippen molar-refractivity contribution < 1.29 is 28.5 Å². The number of hydrogen-bond donors (Lipinski definition) is 4. The molecule has 14 heavy (non-hydrogen) atoms. The number of nitrogens with two attached hydrogens (primary N) is 1. The summed E-state index contributed by atoms with van der Waals surface area (Å²) in [4.78, 5) is 37.5. The number of carbonyl (C=O) groups is 2. The first-order chi connectivity index (χ1) is 6.28. The second-order valence-corrected chi connectivity index (χ2v) is 3.66. The Labute approximate surface area is 79.7 Å². The Balaban J connectivity index is 4.44. The molecule has 0 rings (SSSR count). The molecule has 8 nitrogen and oxygen atoms in total. The molecule has 0 unspecified atom stereocenters. The van der Waals surface area contributed by atoms with Crippen molar-refractivity contribution in [2.24, 2.45) is 5.73 Å². The fraction of sp³-hybridized carbons (Fsp3) is 0.600. The second kappa shape index (κ2) is 5.06. The summed E-state index contributed by atoms with van der Waals surface area (Å²) in [6.07, 6.45) is -1.02. The average Bonchev–Trinajstić information content (AvgIpc) is 1.95. The van der Waals surface area contributed by atoms with E-state index in [1.807, 2.05) is 5.32 Å². The zero-order chi connectivity index (χ0) is 11.4. The van der Waals surface area contributed by atoms with E-state index in [1.165, 1.54) is 6.92 Å². The van der Waals surface area contributed by atoms with Crippen molar-refractivity contribution in [1.29, 1.82) is 0 Å². The van der Waals surface area contributed by atoms with Crippen LogP contribution < -0.4 is 11.1 Å². The fourth-order valence-corrected chi connectivity index (χ4v) is 1.35. The topological polar surface area (TPSA) is 139 Å². The lowest BCUT2D eigenvalue weighted by Gasteiger charge is -2.20. The summed E-state index contributed by atoms with van der Waals surface area (Å²) in [6, 6.07) is -1.28. The number of phosphoric ester groups is 1. The van der Waals surface area contributed by atoms with Crippen molar-refractivity contribution in [2.45, 2.75) is 19.1 Å². The molecule has 0 aromatic rings. The molecule has 2 amide bonds. The molecule has 0 spiro atoms. The van der Waals surface area contributed by atoms with E-state index >= 15 is 0 Å². The lowest BCUT2D eigenvalue weighted by Crippen LogP contribution is -2.48. The first-order valence-electron chi connectivity index (χ1n) is 3.51. The van der Waals surface area contributed by atoms with Gasteiger partial charge in [-0.1, -0.05) is 0 Å². The van der Waals surface area contributed by atoms with E-state index in [1.54, 1.807) is 0 Å². The number of nitrogens with one attached hydrogen (secondary N) is 1. The largest absolute Gasteiger partial charge is 0.469 e. The van der Waals surface area contributed by atoms with Crippen LogP contribution in [-0.2, 0) is 18.7 Å². The molecule has 0 aliphatic rings. The van der Waals surface area contributed by atoms with Crippen LogP contribution >= 0.6 is 7.82 Å². The number of rotatable bonds is 6. The molecule has 2 atom stereocenters. The molecule has 9 heteroatoms. The van der Waals surface area contributed by atoms with Crippen molar-refractivity contribution in [1.82, 2.24) is 5.32 Å². The van der Waals surface area contributed by atoms with Crippen LogP contribution in [0.4, 0.5) is 0 Å². The lowest BCUT2D eigenvalue weighted by atomic mass is 10.2. The minimum Gasteiger partial charge on any atom is -0.368 e. The minimum absolute atomic E-state index is 0.189. The van der Waals surface area contributed by atoms with E-state index in [9.17, 15) is 14.2 Å². The van der Waals surface area contributed by atoms with E-state index in [2.05, 4.69) is 4.52 Å². The first-order valence-corrected chi connectivity index (χ1v) is 5.04. The highest BCUT2D eigenvalue weighted by Gasteiger charge is 2.29. The van der Waals surface area contributed by atoms with Crippen LogP contribution in [0, 0.1) is 0 Å². The van der Waals surface area contributed by atoms with Gasteiger partial charge < -0.3 is 20.8 Å². The average molecular weight is 226 g/mol. The van der Waals surface area contributed by atoms with Crippen molar-refractivity contribution in [3.8, 4) is 0 Å². The number of phosphoric acid groups is 1. The summed E-state index contributed by atoms with van der Waals surface area (Å²) < 4.78 is 14.5. The first kappa shape index (κ1) is 13.1. The lowest BCUT2D eigenvalue weighted by molar-refractivity contribution is -0.125. The highest BCUT2D eigenvalue weighted by Crippen LogP contribution is 2.37. The molecular formula is C5H11N2O6P. The van der Waals surface area contributed by atoms with Gasteiger partial charge in [0, 0.05) is 0 Å². The zero-order valence-corrected chi connectivity index (χ0v) is 8.18. The van der Waals surface area contributed by atoms with E-state index in [0.29, 0.717) is 0 Å². The van der Waals surface area contributed by atoms with Crippen molar-refractivity contribution in [2.75, 3.05) is 0 Å². The predicted molar refractivity (Wildman–Crippen MR) is 44.8 cm³/mol. The maximum Gasteiger partial charge on any atom is 0.469 e. The maximum atomic E-state index is 10.7. The Hall–Kier alpha value is -0.950. The summed E-state index contributed by atoms with van der Waals surface area (Å²) >= 11 is 0. The molecule has 82 valence electrons. The SMILES string of the molecule is C[C@@H](OP(=O)(O)O)[C@H](NC=O)C(N)=O. The predicted octanol–water partition coefficient (Wildman–Crippen LogP) is -1.92. The van der Waals surface area contributed by atoms with Gasteiger partial charge in [0.25, 0.3) is 0 Å². The summed E-state index contributed by atoms with van der Waals surface area (Å²) in [5.41, 5.74) is 4.85. The van der Waals surface area contributed by atoms with Crippen LogP contribution in [0.25, 0.3) is 0 Å². The molecule has 5 N–H and O–H groups in total. The standard InChI is InChI=1S/C5H11N2O6P/c1-3(13-14(10,11)12)4(5(6)9)7-2-8/h2-4H,1H3,(H2,6,9)(H,7,8)(H2,10,11,12)/t3-,4+/m1/s1.